The van der Waals surface area contributed by atoms with Crippen LogP contribution in [0.25, 0.3) is 0 Å². The van der Waals surface area contributed by atoms with Crippen molar-refractivity contribution in [3.05, 3.63) is 53.6 Å². The minimum atomic E-state index is -0.587. The zero-order chi connectivity index (χ0) is 21.1. The lowest BCUT2D eigenvalue weighted by molar-refractivity contribution is -0.143. The van der Waals surface area contributed by atoms with Crippen molar-refractivity contribution in [3.63, 3.8) is 0 Å². The van der Waals surface area contributed by atoms with Gasteiger partial charge >= 0.3 is 5.97 Å². The summed E-state index contributed by atoms with van der Waals surface area (Å²) in [4.78, 5) is 24.4. The Hall–Kier alpha value is -3.69. The van der Waals surface area contributed by atoms with Gasteiger partial charge in [-0.1, -0.05) is 12.1 Å². The summed E-state index contributed by atoms with van der Waals surface area (Å²) >= 11 is 0. The topological polar surface area (TPSA) is 110 Å². The first-order chi connectivity index (χ1) is 14.5. The van der Waals surface area contributed by atoms with Crippen LogP contribution in [0.15, 0.2) is 36.7 Å². The van der Waals surface area contributed by atoms with Crippen LogP contribution in [0.5, 0.6) is 11.5 Å². The summed E-state index contributed by atoms with van der Waals surface area (Å²) in [6.07, 6.45) is 1.12. The Bertz CT molecular complexity index is 1060. The van der Waals surface area contributed by atoms with Crippen LogP contribution in [0.1, 0.15) is 21.7 Å². The molecule has 10 heteroatoms. The molecule has 2 aromatic heterocycles. The molecule has 1 atom stereocenters. The van der Waals surface area contributed by atoms with E-state index in [2.05, 4.69) is 15.5 Å². The second kappa shape index (κ2) is 8.36. The molecule has 1 aromatic carbocycles. The van der Waals surface area contributed by atoms with Crippen molar-refractivity contribution >= 4 is 11.8 Å². The fourth-order valence-electron chi connectivity index (χ4n) is 3.38. The van der Waals surface area contributed by atoms with Crippen LogP contribution in [0.3, 0.4) is 0 Å². The van der Waals surface area contributed by atoms with Gasteiger partial charge in [0, 0.05) is 17.0 Å². The summed E-state index contributed by atoms with van der Waals surface area (Å²) in [5.41, 5.74) is 2.22. The highest BCUT2D eigenvalue weighted by molar-refractivity contribution is 5.99. The molecule has 0 fully saturated rings. The summed E-state index contributed by atoms with van der Waals surface area (Å²) < 4.78 is 20.1. The lowest BCUT2D eigenvalue weighted by Crippen LogP contribution is -2.33. The van der Waals surface area contributed by atoms with E-state index in [9.17, 15) is 9.59 Å². The first-order valence-corrected chi connectivity index (χ1v) is 9.46. The van der Waals surface area contributed by atoms with Crippen molar-refractivity contribution < 1.29 is 23.8 Å². The number of nitrogens with zero attached hydrogens (tertiary/aromatic N) is 5. The fourth-order valence-corrected chi connectivity index (χ4v) is 3.38. The van der Waals surface area contributed by atoms with E-state index in [1.54, 1.807) is 6.07 Å². The first kappa shape index (κ1) is 19.6. The molecule has 0 spiro atoms. The second-order valence-electron chi connectivity index (χ2n) is 6.98. The SMILES string of the molecule is Cc1cc(C(=O)COC(=O)Cn2cnnn2)c(C)n1C[C@H]1COc2ccccc2O1. The molecule has 156 valence electrons. The van der Waals surface area contributed by atoms with Crippen LogP contribution in [-0.4, -0.2) is 55.8 Å². The van der Waals surface area contributed by atoms with E-state index in [0.717, 1.165) is 17.1 Å². The number of Topliss-reactive ketones (excluding diaryl/α,β-unsaturated/α-hetero) is 1. The molecule has 3 heterocycles. The lowest BCUT2D eigenvalue weighted by atomic mass is 10.1. The summed E-state index contributed by atoms with van der Waals surface area (Å²) in [5, 5.41) is 10.5. The van der Waals surface area contributed by atoms with Crippen LogP contribution in [0, 0.1) is 13.8 Å². The van der Waals surface area contributed by atoms with Gasteiger partial charge in [-0.05, 0) is 42.5 Å². The maximum absolute atomic E-state index is 12.6. The van der Waals surface area contributed by atoms with Crippen molar-refractivity contribution in [2.24, 2.45) is 0 Å². The summed E-state index contributed by atoms with van der Waals surface area (Å²) in [6.45, 7) is 4.25. The Morgan fingerprint density at radius 3 is 2.80 bits per heavy atom. The highest BCUT2D eigenvalue weighted by Gasteiger charge is 2.24. The molecular formula is C20H21N5O5. The third-order valence-corrected chi connectivity index (χ3v) is 4.87. The molecular weight excluding hydrogens is 390 g/mol. The average molecular weight is 411 g/mol. The number of ketones is 1. The quantitative estimate of drug-likeness (QED) is 0.423. The van der Waals surface area contributed by atoms with Crippen molar-refractivity contribution in [2.75, 3.05) is 13.2 Å². The van der Waals surface area contributed by atoms with Crippen molar-refractivity contribution in [2.45, 2.75) is 33.0 Å². The molecule has 0 bridgehead atoms. The fraction of sp³-hybridized carbons (Fsp3) is 0.350. The van der Waals surface area contributed by atoms with E-state index < -0.39 is 5.97 Å². The second-order valence-corrected chi connectivity index (χ2v) is 6.98. The number of para-hydroxylation sites is 2. The van der Waals surface area contributed by atoms with Gasteiger partial charge in [0.15, 0.2) is 24.2 Å². The Morgan fingerprint density at radius 1 is 1.23 bits per heavy atom. The van der Waals surface area contributed by atoms with E-state index in [0.29, 0.717) is 24.5 Å². The van der Waals surface area contributed by atoms with Crippen LogP contribution < -0.4 is 9.47 Å². The zero-order valence-electron chi connectivity index (χ0n) is 16.6. The van der Waals surface area contributed by atoms with Gasteiger partial charge in [0.1, 0.15) is 19.5 Å². The molecule has 30 heavy (non-hydrogen) atoms. The third kappa shape index (κ3) is 4.17. The third-order valence-electron chi connectivity index (χ3n) is 4.87. The Kier molecular flexibility index (Phi) is 5.46. The molecule has 0 N–H and O–H groups in total. The number of aryl methyl sites for hydroxylation is 1. The van der Waals surface area contributed by atoms with E-state index in [-0.39, 0.29) is 25.0 Å². The summed E-state index contributed by atoms with van der Waals surface area (Å²) in [6, 6.07) is 9.33. The molecule has 0 saturated heterocycles. The number of hydrogen-bond acceptors (Lipinski definition) is 8. The number of carbonyl (C=O) groups is 2. The van der Waals surface area contributed by atoms with Crippen molar-refractivity contribution in [3.8, 4) is 11.5 Å². The predicted molar refractivity (Wildman–Crippen MR) is 103 cm³/mol. The normalized spacial score (nSPS) is 15.1. The lowest BCUT2D eigenvalue weighted by Gasteiger charge is -2.27. The standard InChI is InChI=1S/C20H21N5O5/c1-13-7-16(17(26)11-29-20(27)9-24-12-21-22-23-24)14(2)25(13)8-15-10-28-18-5-3-4-6-19(18)30-15/h3-7,12,15H,8-11H2,1-2H3/t15-/m0/s1. The molecule has 0 aliphatic carbocycles. The molecule has 1 aliphatic rings. The maximum Gasteiger partial charge on any atom is 0.328 e. The molecule has 0 unspecified atom stereocenters. The maximum atomic E-state index is 12.6. The van der Waals surface area contributed by atoms with Gasteiger partial charge in [0.05, 0.1) is 6.54 Å². The van der Waals surface area contributed by atoms with Crippen LogP contribution >= 0.6 is 0 Å². The molecule has 4 rings (SSSR count). The van der Waals surface area contributed by atoms with E-state index in [1.165, 1.54) is 11.0 Å². The number of esters is 1. The molecule has 1 aliphatic heterocycles. The van der Waals surface area contributed by atoms with Crippen molar-refractivity contribution in [1.29, 1.82) is 0 Å². The van der Waals surface area contributed by atoms with Crippen LogP contribution in [0.2, 0.25) is 0 Å². The van der Waals surface area contributed by atoms with Crippen LogP contribution in [-0.2, 0) is 22.6 Å². The van der Waals surface area contributed by atoms with E-state index in [4.69, 9.17) is 14.2 Å². The van der Waals surface area contributed by atoms with Crippen molar-refractivity contribution in [1.82, 2.24) is 24.8 Å². The minimum absolute atomic E-state index is 0.153. The number of ether oxygens (including phenoxy) is 3. The predicted octanol–water partition coefficient (Wildman–Crippen LogP) is 1.36. The number of rotatable bonds is 7. The van der Waals surface area contributed by atoms with Gasteiger partial charge in [-0.2, -0.15) is 0 Å². The van der Waals surface area contributed by atoms with Gasteiger partial charge in [-0.3, -0.25) is 9.59 Å². The van der Waals surface area contributed by atoms with Gasteiger partial charge in [-0.25, -0.2) is 4.68 Å². The summed E-state index contributed by atoms with van der Waals surface area (Å²) in [7, 11) is 0. The average Bonchev–Trinajstić information content (AvgIpc) is 3.35. The molecule has 3 aromatic rings. The molecule has 0 radical (unpaired) electrons. The van der Waals surface area contributed by atoms with E-state index in [1.807, 2.05) is 42.7 Å². The Morgan fingerprint density at radius 2 is 2.03 bits per heavy atom. The zero-order valence-corrected chi connectivity index (χ0v) is 16.6. The Balaban J connectivity index is 1.38. The molecule has 10 nitrogen and oxygen atoms in total. The number of fused-ring (bicyclic) bond motifs is 1. The largest absolute Gasteiger partial charge is 0.486 e. The highest BCUT2D eigenvalue weighted by atomic mass is 16.6. The molecule has 0 saturated carbocycles. The van der Waals surface area contributed by atoms with Gasteiger partial charge in [0.2, 0.25) is 5.78 Å². The number of aromatic nitrogens is 5. The Labute approximate surface area is 172 Å². The smallest absolute Gasteiger partial charge is 0.328 e. The first-order valence-electron chi connectivity index (χ1n) is 9.46. The number of benzene rings is 1. The molecule has 0 amide bonds. The van der Waals surface area contributed by atoms with Gasteiger partial charge in [-0.15, -0.1) is 5.10 Å². The monoisotopic (exact) mass is 411 g/mol. The summed E-state index contributed by atoms with van der Waals surface area (Å²) in [5.74, 6) is 0.581. The van der Waals surface area contributed by atoms with E-state index >= 15 is 0 Å². The van der Waals surface area contributed by atoms with Crippen LogP contribution in [0.4, 0.5) is 0 Å². The number of tetrazole rings is 1. The highest BCUT2D eigenvalue weighted by Crippen LogP contribution is 2.31. The van der Waals surface area contributed by atoms with Gasteiger partial charge < -0.3 is 18.8 Å². The van der Waals surface area contributed by atoms with Gasteiger partial charge in [0.25, 0.3) is 0 Å². The number of carbonyl (C=O) groups excluding carboxylic acids is 2. The number of hydrogen-bond donors (Lipinski definition) is 0. The minimum Gasteiger partial charge on any atom is -0.486 e.